The molecule has 0 aromatic rings. The smallest absolute Gasteiger partial charge is 0.261 e. The Morgan fingerprint density at radius 3 is 2.19 bits per heavy atom. The first-order valence-electron chi connectivity index (χ1n) is 8.21. The van der Waals surface area contributed by atoms with Gasteiger partial charge in [0.15, 0.2) is 0 Å². The van der Waals surface area contributed by atoms with E-state index in [-0.39, 0.29) is 13.0 Å². The monoisotopic (exact) mass is 305 g/mol. The highest BCUT2D eigenvalue weighted by Gasteiger charge is 2.38. The predicted molar refractivity (Wildman–Crippen MR) is 79.8 cm³/mol. The molecule has 0 aromatic heterocycles. The summed E-state index contributed by atoms with van der Waals surface area (Å²) in [7, 11) is 0. The standard InChI is InChI=1S/C15H29F2N3O/c1-2-3-5-18-7-9-19(10-8-18)11-14(21)12-20-6-4-15(16,17)13-20/h14,21H,2-13H2,1H3. The molecule has 1 N–H and O–H groups in total. The van der Waals surface area contributed by atoms with E-state index in [9.17, 15) is 13.9 Å². The molecular weight excluding hydrogens is 276 g/mol. The second-order valence-corrected chi connectivity index (χ2v) is 6.49. The van der Waals surface area contributed by atoms with Gasteiger partial charge in [0.2, 0.25) is 0 Å². The summed E-state index contributed by atoms with van der Waals surface area (Å²) in [6.07, 6.45) is 1.86. The van der Waals surface area contributed by atoms with Crippen LogP contribution in [-0.2, 0) is 0 Å². The van der Waals surface area contributed by atoms with Gasteiger partial charge in [0.25, 0.3) is 5.92 Å². The number of alkyl halides is 2. The lowest BCUT2D eigenvalue weighted by Crippen LogP contribution is -2.50. The highest BCUT2D eigenvalue weighted by atomic mass is 19.3. The number of aliphatic hydroxyl groups is 1. The van der Waals surface area contributed by atoms with Gasteiger partial charge in [0.05, 0.1) is 12.6 Å². The fourth-order valence-electron chi connectivity index (χ4n) is 3.19. The lowest BCUT2D eigenvalue weighted by molar-refractivity contribution is 0.00388. The normalized spacial score (nSPS) is 26.3. The van der Waals surface area contributed by atoms with E-state index >= 15 is 0 Å². The van der Waals surface area contributed by atoms with Crippen molar-refractivity contribution in [3.05, 3.63) is 0 Å². The number of hydrogen-bond acceptors (Lipinski definition) is 4. The molecule has 1 atom stereocenters. The Balaban J connectivity index is 1.62. The van der Waals surface area contributed by atoms with E-state index in [0.29, 0.717) is 19.6 Å². The first-order chi connectivity index (χ1) is 9.98. The quantitative estimate of drug-likeness (QED) is 0.763. The number of unbranched alkanes of at least 4 members (excludes halogenated alkanes) is 1. The predicted octanol–water partition coefficient (Wildman–Crippen LogP) is 1.11. The van der Waals surface area contributed by atoms with Crippen LogP contribution in [0.1, 0.15) is 26.2 Å². The van der Waals surface area contributed by atoms with Crippen LogP contribution in [-0.4, -0.2) is 90.7 Å². The van der Waals surface area contributed by atoms with Crippen molar-refractivity contribution in [3.63, 3.8) is 0 Å². The van der Waals surface area contributed by atoms with Crippen LogP contribution in [0.25, 0.3) is 0 Å². The summed E-state index contributed by atoms with van der Waals surface area (Å²) < 4.78 is 26.2. The molecule has 0 bridgehead atoms. The number of halogens is 2. The Morgan fingerprint density at radius 1 is 1.00 bits per heavy atom. The van der Waals surface area contributed by atoms with E-state index in [0.717, 1.165) is 32.7 Å². The van der Waals surface area contributed by atoms with E-state index in [2.05, 4.69) is 16.7 Å². The van der Waals surface area contributed by atoms with Gasteiger partial charge < -0.3 is 10.0 Å². The van der Waals surface area contributed by atoms with Crippen LogP contribution in [0.4, 0.5) is 8.78 Å². The summed E-state index contributed by atoms with van der Waals surface area (Å²) in [5.74, 6) is -2.56. The van der Waals surface area contributed by atoms with Gasteiger partial charge in [-0.1, -0.05) is 13.3 Å². The lowest BCUT2D eigenvalue weighted by atomic mass is 10.2. The Kier molecular flexibility index (Phi) is 6.34. The molecule has 0 aromatic carbocycles. The zero-order valence-electron chi connectivity index (χ0n) is 13.1. The van der Waals surface area contributed by atoms with Gasteiger partial charge in [0.1, 0.15) is 0 Å². The third kappa shape index (κ3) is 5.77. The van der Waals surface area contributed by atoms with Crippen LogP contribution in [0.3, 0.4) is 0 Å². The van der Waals surface area contributed by atoms with Crippen LogP contribution < -0.4 is 0 Å². The average Bonchev–Trinajstić information content (AvgIpc) is 2.77. The minimum Gasteiger partial charge on any atom is -0.390 e. The highest BCUT2D eigenvalue weighted by molar-refractivity contribution is 4.84. The molecule has 2 aliphatic rings. The molecule has 0 saturated carbocycles. The van der Waals surface area contributed by atoms with Gasteiger partial charge in [-0.25, -0.2) is 8.78 Å². The average molecular weight is 305 g/mol. The molecule has 0 amide bonds. The van der Waals surface area contributed by atoms with Crippen molar-refractivity contribution >= 4 is 0 Å². The van der Waals surface area contributed by atoms with Crippen molar-refractivity contribution in [3.8, 4) is 0 Å². The number of rotatable bonds is 7. The van der Waals surface area contributed by atoms with Gasteiger partial charge in [0, 0.05) is 52.2 Å². The minimum atomic E-state index is -2.56. The number of hydrogen-bond donors (Lipinski definition) is 1. The van der Waals surface area contributed by atoms with Gasteiger partial charge >= 0.3 is 0 Å². The van der Waals surface area contributed by atoms with E-state index < -0.39 is 12.0 Å². The Labute approximate surface area is 126 Å². The van der Waals surface area contributed by atoms with Gasteiger partial charge in [-0.15, -0.1) is 0 Å². The van der Waals surface area contributed by atoms with E-state index in [1.807, 2.05) is 0 Å². The summed E-state index contributed by atoms with van der Waals surface area (Å²) in [6.45, 7) is 8.57. The Morgan fingerprint density at radius 2 is 1.62 bits per heavy atom. The van der Waals surface area contributed by atoms with Crippen molar-refractivity contribution in [1.82, 2.24) is 14.7 Å². The number of aliphatic hydroxyl groups excluding tert-OH is 1. The first kappa shape index (κ1) is 17.1. The Hall–Kier alpha value is -0.300. The largest absolute Gasteiger partial charge is 0.390 e. The second-order valence-electron chi connectivity index (χ2n) is 6.49. The molecule has 2 fully saturated rings. The van der Waals surface area contributed by atoms with Crippen LogP contribution >= 0.6 is 0 Å². The first-order valence-corrected chi connectivity index (χ1v) is 8.21. The summed E-state index contributed by atoms with van der Waals surface area (Å²) in [4.78, 5) is 6.40. The molecule has 0 aliphatic carbocycles. The van der Waals surface area contributed by atoms with E-state index in [4.69, 9.17) is 0 Å². The minimum absolute atomic E-state index is 0.0736. The highest BCUT2D eigenvalue weighted by Crippen LogP contribution is 2.26. The van der Waals surface area contributed by atoms with Gasteiger partial charge in [-0.2, -0.15) is 0 Å². The van der Waals surface area contributed by atoms with E-state index in [1.54, 1.807) is 4.90 Å². The molecule has 2 rings (SSSR count). The van der Waals surface area contributed by atoms with Crippen LogP contribution in [0.5, 0.6) is 0 Å². The van der Waals surface area contributed by atoms with Crippen molar-refractivity contribution in [1.29, 1.82) is 0 Å². The summed E-state index contributed by atoms with van der Waals surface area (Å²) >= 11 is 0. The topological polar surface area (TPSA) is 30.0 Å². The maximum atomic E-state index is 13.1. The molecule has 2 aliphatic heterocycles. The number of likely N-dealkylation sites (tertiary alicyclic amines) is 1. The molecule has 6 heteroatoms. The van der Waals surface area contributed by atoms with Crippen LogP contribution in [0, 0.1) is 0 Å². The maximum Gasteiger partial charge on any atom is 0.261 e. The molecule has 2 heterocycles. The molecule has 1 unspecified atom stereocenters. The zero-order chi connectivity index (χ0) is 15.3. The maximum absolute atomic E-state index is 13.1. The van der Waals surface area contributed by atoms with Gasteiger partial charge in [-0.05, 0) is 13.0 Å². The number of β-amino-alcohol motifs (C(OH)–C–C–N with tert-alkyl or cyclic N) is 1. The third-order valence-corrected chi connectivity index (χ3v) is 4.48. The molecular formula is C15H29F2N3O. The van der Waals surface area contributed by atoms with Crippen molar-refractivity contribution in [2.75, 3.05) is 58.9 Å². The van der Waals surface area contributed by atoms with Crippen molar-refractivity contribution in [2.24, 2.45) is 0 Å². The lowest BCUT2D eigenvalue weighted by Gasteiger charge is -2.36. The summed E-state index contributed by atoms with van der Waals surface area (Å²) in [5.41, 5.74) is 0. The van der Waals surface area contributed by atoms with Crippen molar-refractivity contribution < 1.29 is 13.9 Å². The number of nitrogens with zero attached hydrogens (tertiary/aromatic N) is 3. The fraction of sp³-hybridized carbons (Fsp3) is 1.00. The number of piperazine rings is 1. The van der Waals surface area contributed by atoms with E-state index in [1.165, 1.54) is 12.8 Å². The molecule has 21 heavy (non-hydrogen) atoms. The van der Waals surface area contributed by atoms with Gasteiger partial charge in [-0.3, -0.25) is 9.80 Å². The van der Waals surface area contributed by atoms with Crippen molar-refractivity contribution in [2.45, 2.75) is 38.2 Å². The molecule has 0 spiro atoms. The molecule has 2 saturated heterocycles. The molecule has 4 nitrogen and oxygen atoms in total. The SMILES string of the molecule is CCCCN1CCN(CC(O)CN2CCC(F)(F)C2)CC1. The van der Waals surface area contributed by atoms with Crippen LogP contribution in [0.2, 0.25) is 0 Å². The van der Waals surface area contributed by atoms with Crippen LogP contribution in [0.15, 0.2) is 0 Å². The molecule has 0 radical (unpaired) electrons. The zero-order valence-corrected chi connectivity index (χ0v) is 13.1. The fourth-order valence-corrected chi connectivity index (χ4v) is 3.19. The Bertz CT molecular complexity index is 309. The third-order valence-electron chi connectivity index (χ3n) is 4.48. The molecule has 124 valence electrons. The summed E-state index contributed by atoms with van der Waals surface area (Å²) in [6, 6.07) is 0. The summed E-state index contributed by atoms with van der Waals surface area (Å²) in [5, 5.41) is 10.1. The second kappa shape index (κ2) is 7.81.